The molecule has 4 nitrogen and oxygen atoms in total. The molecule has 0 bridgehead atoms. The first kappa shape index (κ1) is 20.2. The molecule has 1 atom stereocenters. The largest absolute Gasteiger partial charge is 0.506 e. The minimum atomic E-state index is -0.473. The predicted octanol–water partition coefficient (Wildman–Crippen LogP) is 5.05. The Hall–Kier alpha value is -1.84. The predicted molar refractivity (Wildman–Crippen MR) is 97.1 cm³/mol. The van der Waals surface area contributed by atoms with Crippen molar-refractivity contribution in [1.29, 1.82) is 0 Å². The highest BCUT2D eigenvalue weighted by Crippen LogP contribution is 2.33. The van der Waals surface area contributed by atoms with Gasteiger partial charge in [-0.05, 0) is 58.6 Å². The zero-order valence-electron chi connectivity index (χ0n) is 15.7. The van der Waals surface area contributed by atoms with Gasteiger partial charge in [0, 0.05) is 12.1 Å². The summed E-state index contributed by atoms with van der Waals surface area (Å²) in [6, 6.07) is 1.81. The van der Waals surface area contributed by atoms with Gasteiger partial charge in [-0.15, -0.1) is 0 Å². The van der Waals surface area contributed by atoms with Crippen LogP contribution >= 0.6 is 0 Å². The van der Waals surface area contributed by atoms with Gasteiger partial charge in [0.2, 0.25) is 0 Å². The molecule has 0 radical (unpaired) electrons. The average molecular weight is 333 g/mol. The highest BCUT2D eigenvalue weighted by atomic mass is 16.6. The van der Waals surface area contributed by atoms with Gasteiger partial charge in [-0.1, -0.05) is 25.5 Å². The zero-order chi connectivity index (χ0) is 18.3. The van der Waals surface area contributed by atoms with Crippen molar-refractivity contribution < 1.29 is 14.6 Å². The van der Waals surface area contributed by atoms with Gasteiger partial charge in [0.1, 0.15) is 11.4 Å². The number of esters is 1. The number of rotatable bonds is 8. The van der Waals surface area contributed by atoms with Gasteiger partial charge in [0.05, 0.1) is 12.1 Å². The van der Waals surface area contributed by atoms with Crippen LogP contribution in [0.3, 0.4) is 0 Å². The second-order valence-corrected chi connectivity index (χ2v) is 7.40. The van der Waals surface area contributed by atoms with Crippen molar-refractivity contribution in [3.05, 3.63) is 35.7 Å². The Morgan fingerprint density at radius 1 is 1.38 bits per heavy atom. The Morgan fingerprint density at radius 2 is 2.04 bits per heavy atom. The second-order valence-electron chi connectivity index (χ2n) is 7.40. The van der Waals surface area contributed by atoms with Crippen molar-refractivity contribution in [2.45, 2.75) is 78.2 Å². The van der Waals surface area contributed by atoms with E-state index in [-0.39, 0.29) is 24.1 Å². The van der Waals surface area contributed by atoms with Gasteiger partial charge in [-0.25, -0.2) is 0 Å². The molecule has 1 N–H and O–H groups in total. The number of carbonyl (C=O) groups is 1. The van der Waals surface area contributed by atoms with E-state index in [1.54, 1.807) is 6.20 Å². The van der Waals surface area contributed by atoms with Crippen LogP contribution in [0.25, 0.3) is 0 Å². The number of aromatic hydroxyl groups is 1. The maximum absolute atomic E-state index is 11.9. The number of carbonyl (C=O) groups excluding carboxylic acids is 1. The molecule has 0 fully saturated rings. The van der Waals surface area contributed by atoms with Gasteiger partial charge in [0.25, 0.3) is 0 Å². The SMILES string of the molecule is C=C(CCC(CCC)c1nccc(C)c1O)CC(=O)OC(C)(C)C. The highest BCUT2D eigenvalue weighted by Gasteiger charge is 2.20. The third-order valence-corrected chi connectivity index (χ3v) is 3.84. The first-order chi connectivity index (χ1) is 11.1. The van der Waals surface area contributed by atoms with Gasteiger partial charge in [-0.3, -0.25) is 9.78 Å². The number of aromatic nitrogens is 1. The van der Waals surface area contributed by atoms with Crippen molar-refractivity contribution in [2.24, 2.45) is 0 Å². The van der Waals surface area contributed by atoms with E-state index in [2.05, 4.69) is 18.5 Å². The molecule has 0 aromatic carbocycles. The van der Waals surface area contributed by atoms with Gasteiger partial charge < -0.3 is 9.84 Å². The summed E-state index contributed by atoms with van der Waals surface area (Å²) in [7, 11) is 0. The fraction of sp³-hybridized carbons (Fsp3) is 0.600. The molecule has 0 aliphatic carbocycles. The maximum Gasteiger partial charge on any atom is 0.310 e. The van der Waals surface area contributed by atoms with Crippen LogP contribution in [-0.2, 0) is 9.53 Å². The summed E-state index contributed by atoms with van der Waals surface area (Å²) < 4.78 is 5.33. The van der Waals surface area contributed by atoms with Crippen LogP contribution < -0.4 is 0 Å². The van der Waals surface area contributed by atoms with E-state index < -0.39 is 5.60 Å². The maximum atomic E-state index is 11.9. The number of pyridine rings is 1. The Kier molecular flexibility index (Phi) is 7.46. The number of nitrogens with zero attached hydrogens (tertiary/aromatic N) is 1. The molecule has 0 spiro atoms. The van der Waals surface area contributed by atoms with Crippen LogP contribution in [0.15, 0.2) is 24.4 Å². The van der Waals surface area contributed by atoms with Crippen LogP contribution in [0.4, 0.5) is 0 Å². The van der Waals surface area contributed by atoms with Gasteiger partial charge >= 0.3 is 5.97 Å². The molecule has 1 rings (SSSR count). The van der Waals surface area contributed by atoms with Crippen molar-refractivity contribution in [1.82, 2.24) is 4.98 Å². The topological polar surface area (TPSA) is 59.4 Å². The number of ether oxygens (including phenoxy) is 1. The van der Waals surface area contributed by atoms with E-state index in [1.807, 2.05) is 33.8 Å². The fourth-order valence-electron chi connectivity index (χ4n) is 2.68. The van der Waals surface area contributed by atoms with Crippen molar-refractivity contribution in [3.63, 3.8) is 0 Å². The molecule has 4 heteroatoms. The van der Waals surface area contributed by atoms with E-state index in [1.165, 1.54) is 0 Å². The lowest BCUT2D eigenvalue weighted by atomic mass is 9.90. The molecule has 1 aromatic rings. The monoisotopic (exact) mass is 333 g/mol. The quantitative estimate of drug-likeness (QED) is 0.534. The summed E-state index contributed by atoms with van der Waals surface area (Å²) in [5.41, 5.74) is 1.98. The van der Waals surface area contributed by atoms with Crippen LogP contribution in [0, 0.1) is 6.92 Å². The summed E-state index contributed by atoms with van der Waals surface area (Å²) in [4.78, 5) is 16.2. The smallest absolute Gasteiger partial charge is 0.310 e. The Labute approximate surface area is 146 Å². The molecule has 0 saturated heterocycles. The van der Waals surface area contributed by atoms with Crippen LogP contribution in [0.1, 0.15) is 77.0 Å². The Bertz CT molecular complexity index is 573. The number of aryl methyl sites for hydroxylation is 1. The van der Waals surface area contributed by atoms with E-state index in [0.29, 0.717) is 0 Å². The summed E-state index contributed by atoms with van der Waals surface area (Å²) in [6.45, 7) is 13.6. The molecule has 1 aromatic heterocycles. The van der Waals surface area contributed by atoms with E-state index >= 15 is 0 Å². The number of hydrogen-bond donors (Lipinski definition) is 1. The van der Waals surface area contributed by atoms with E-state index in [0.717, 1.165) is 42.5 Å². The second kappa shape index (κ2) is 8.86. The summed E-state index contributed by atoms with van der Waals surface area (Å²) in [6.07, 6.45) is 5.48. The van der Waals surface area contributed by atoms with Gasteiger partial charge in [0.15, 0.2) is 0 Å². The first-order valence-electron chi connectivity index (χ1n) is 8.67. The molecule has 0 aliphatic heterocycles. The minimum Gasteiger partial charge on any atom is -0.506 e. The Morgan fingerprint density at radius 3 is 2.62 bits per heavy atom. The lowest BCUT2D eigenvalue weighted by Gasteiger charge is -2.21. The molecule has 1 heterocycles. The molecule has 0 amide bonds. The van der Waals surface area contributed by atoms with Crippen molar-refractivity contribution >= 4 is 5.97 Å². The highest BCUT2D eigenvalue weighted by molar-refractivity contribution is 5.72. The number of hydrogen-bond acceptors (Lipinski definition) is 4. The summed E-state index contributed by atoms with van der Waals surface area (Å²) in [5.74, 6) is 0.218. The van der Waals surface area contributed by atoms with Crippen LogP contribution in [0.2, 0.25) is 0 Å². The van der Waals surface area contributed by atoms with E-state index in [9.17, 15) is 9.90 Å². The molecule has 0 saturated carbocycles. The Balaban J connectivity index is 2.65. The lowest BCUT2D eigenvalue weighted by Crippen LogP contribution is -2.23. The molecular weight excluding hydrogens is 302 g/mol. The van der Waals surface area contributed by atoms with Gasteiger partial charge in [-0.2, -0.15) is 0 Å². The minimum absolute atomic E-state index is 0.172. The third-order valence-electron chi connectivity index (χ3n) is 3.84. The van der Waals surface area contributed by atoms with Crippen LogP contribution in [-0.4, -0.2) is 21.7 Å². The molecule has 1 unspecified atom stereocenters. The molecule has 134 valence electrons. The van der Waals surface area contributed by atoms with Crippen LogP contribution in [0.5, 0.6) is 5.75 Å². The lowest BCUT2D eigenvalue weighted by molar-refractivity contribution is -0.153. The zero-order valence-corrected chi connectivity index (χ0v) is 15.7. The fourth-order valence-corrected chi connectivity index (χ4v) is 2.68. The molecule has 24 heavy (non-hydrogen) atoms. The molecule has 0 aliphatic rings. The van der Waals surface area contributed by atoms with Crippen molar-refractivity contribution in [2.75, 3.05) is 0 Å². The third kappa shape index (κ3) is 6.73. The van der Waals surface area contributed by atoms with Crippen molar-refractivity contribution in [3.8, 4) is 5.75 Å². The summed E-state index contributed by atoms with van der Waals surface area (Å²) >= 11 is 0. The first-order valence-corrected chi connectivity index (χ1v) is 8.67. The van der Waals surface area contributed by atoms with E-state index in [4.69, 9.17) is 4.74 Å². The molecular formula is C20H31NO3. The average Bonchev–Trinajstić information content (AvgIpc) is 2.44. The summed E-state index contributed by atoms with van der Waals surface area (Å²) in [5, 5.41) is 10.3. The normalized spacial score (nSPS) is 12.7. The standard InChI is InChI=1S/C20H31NO3/c1-7-8-16(18-19(23)15(3)11-12-21-18)10-9-14(2)13-17(22)24-20(4,5)6/h11-12,16,23H,2,7-10,13H2,1,3-6H3.